The van der Waals surface area contributed by atoms with Crippen molar-refractivity contribution in [3.05, 3.63) is 115 Å². The summed E-state index contributed by atoms with van der Waals surface area (Å²) in [6, 6.07) is 38.1. The lowest BCUT2D eigenvalue weighted by atomic mass is 9.92. The molecule has 9 rings (SSSR count). The van der Waals surface area contributed by atoms with Gasteiger partial charge in [-0.25, -0.2) is 4.98 Å². The normalized spacial score (nSPS) is 12.2. The molecule has 0 fully saturated rings. The minimum atomic E-state index is 0.271. The lowest BCUT2D eigenvalue weighted by Crippen LogP contribution is -1.87. The highest BCUT2D eigenvalue weighted by Crippen LogP contribution is 2.42. The van der Waals surface area contributed by atoms with Crippen LogP contribution in [0.25, 0.3) is 80.3 Å². The maximum atomic E-state index is 9.95. The van der Waals surface area contributed by atoms with Crippen LogP contribution in [0, 0.1) is 0 Å². The maximum absolute atomic E-state index is 9.95. The summed E-state index contributed by atoms with van der Waals surface area (Å²) < 4.78 is 4.74. The fourth-order valence-corrected chi connectivity index (χ4v) is 7.47. The van der Waals surface area contributed by atoms with Crippen molar-refractivity contribution in [1.82, 2.24) is 9.38 Å². The number of benzene rings is 6. The van der Waals surface area contributed by atoms with Crippen LogP contribution in [0.15, 0.2) is 115 Å². The highest BCUT2D eigenvalue weighted by atomic mass is 32.1. The summed E-state index contributed by atoms with van der Waals surface area (Å²) in [5, 5.41) is 19.8. The van der Waals surface area contributed by atoms with E-state index in [9.17, 15) is 5.11 Å². The summed E-state index contributed by atoms with van der Waals surface area (Å²) in [4.78, 5) is 5.20. The largest absolute Gasteiger partial charge is 0.508 e. The van der Waals surface area contributed by atoms with Crippen molar-refractivity contribution in [1.29, 1.82) is 0 Å². The lowest BCUT2D eigenvalue weighted by molar-refractivity contribution is 0.475. The number of rotatable bonds is 1. The molecule has 6 aromatic carbocycles. The molecule has 182 valence electrons. The third-order valence-corrected chi connectivity index (χ3v) is 9.20. The number of imidazole rings is 1. The molecule has 39 heavy (non-hydrogen) atoms. The number of hydrogen-bond donors (Lipinski definition) is 1. The second-order valence-electron chi connectivity index (χ2n) is 10.2. The molecule has 3 heterocycles. The van der Waals surface area contributed by atoms with Crippen molar-refractivity contribution in [2.75, 3.05) is 0 Å². The summed E-state index contributed by atoms with van der Waals surface area (Å²) in [7, 11) is 0. The van der Waals surface area contributed by atoms with Gasteiger partial charge in [-0.15, -0.1) is 11.3 Å². The van der Waals surface area contributed by atoms with Crippen LogP contribution in [-0.4, -0.2) is 14.5 Å². The smallest absolute Gasteiger partial charge is 0.156 e. The molecule has 0 radical (unpaired) electrons. The van der Waals surface area contributed by atoms with E-state index in [1.165, 1.54) is 52.7 Å². The quantitative estimate of drug-likeness (QED) is 0.221. The van der Waals surface area contributed by atoms with Gasteiger partial charge in [-0.05, 0) is 85.9 Å². The molecule has 0 saturated heterocycles. The molecule has 3 aromatic heterocycles. The van der Waals surface area contributed by atoms with Gasteiger partial charge in [0, 0.05) is 21.7 Å². The van der Waals surface area contributed by atoms with E-state index in [4.69, 9.17) is 4.98 Å². The Morgan fingerprint density at radius 2 is 1.44 bits per heavy atom. The molecule has 4 heteroatoms. The van der Waals surface area contributed by atoms with Crippen LogP contribution in [0.1, 0.15) is 0 Å². The highest BCUT2D eigenvalue weighted by molar-refractivity contribution is 7.26. The van der Waals surface area contributed by atoms with Gasteiger partial charge in [-0.2, -0.15) is 0 Å². The van der Waals surface area contributed by atoms with Crippen molar-refractivity contribution in [3.8, 4) is 16.9 Å². The van der Waals surface area contributed by atoms with E-state index < -0.39 is 0 Å². The molecule has 1 N–H and O–H groups in total. The third-order valence-electron chi connectivity index (χ3n) is 8.04. The SMILES string of the molecule is Oc1ccc(-c2c3ccccc3cc3cc4nc5c6sc7ccc8ccccc8c7c6ccn5c4cc23)cc1. The zero-order valence-electron chi connectivity index (χ0n) is 20.7. The van der Waals surface area contributed by atoms with Crippen molar-refractivity contribution in [3.63, 3.8) is 0 Å². The Morgan fingerprint density at radius 3 is 2.31 bits per heavy atom. The predicted molar refractivity (Wildman–Crippen MR) is 165 cm³/mol. The Balaban J connectivity index is 1.41. The van der Waals surface area contributed by atoms with Gasteiger partial charge in [0.25, 0.3) is 0 Å². The van der Waals surface area contributed by atoms with Gasteiger partial charge >= 0.3 is 0 Å². The van der Waals surface area contributed by atoms with E-state index in [1.54, 1.807) is 12.1 Å². The van der Waals surface area contributed by atoms with E-state index in [-0.39, 0.29) is 5.75 Å². The first-order valence-electron chi connectivity index (χ1n) is 13.0. The highest BCUT2D eigenvalue weighted by Gasteiger charge is 2.17. The van der Waals surface area contributed by atoms with Gasteiger partial charge in [-0.1, -0.05) is 66.7 Å². The van der Waals surface area contributed by atoms with Crippen LogP contribution in [0.4, 0.5) is 0 Å². The molecule has 0 atom stereocenters. The second kappa shape index (κ2) is 7.56. The summed E-state index contributed by atoms with van der Waals surface area (Å²) in [5.41, 5.74) is 5.34. The number of fused-ring (bicyclic) bond motifs is 11. The van der Waals surface area contributed by atoms with Crippen LogP contribution >= 0.6 is 11.3 Å². The third kappa shape index (κ3) is 2.89. The molecule has 9 aromatic rings. The van der Waals surface area contributed by atoms with E-state index in [0.717, 1.165) is 27.6 Å². The lowest BCUT2D eigenvalue weighted by Gasteiger charge is -2.12. The molecule has 0 aliphatic rings. The van der Waals surface area contributed by atoms with Crippen LogP contribution < -0.4 is 0 Å². The van der Waals surface area contributed by atoms with Gasteiger partial charge in [0.05, 0.1) is 15.7 Å². The van der Waals surface area contributed by atoms with Crippen molar-refractivity contribution in [2.45, 2.75) is 0 Å². The van der Waals surface area contributed by atoms with Gasteiger partial charge in [-0.3, -0.25) is 4.40 Å². The van der Waals surface area contributed by atoms with Crippen LogP contribution in [0.5, 0.6) is 5.75 Å². The minimum Gasteiger partial charge on any atom is -0.508 e. The van der Waals surface area contributed by atoms with Gasteiger partial charge in [0.15, 0.2) is 5.65 Å². The number of aromatic nitrogens is 2. The van der Waals surface area contributed by atoms with Gasteiger partial charge in [0.1, 0.15) is 5.75 Å². The van der Waals surface area contributed by atoms with Crippen molar-refractivity contribution >= 4 is 80.5 Å². The molecular formula is C35H20N2OS. The number of thiophene rings is 1. The number of nitrogens with zero attached hydrogens (tertiary/aromatic N) is 2. The number of pyridine rings is 1. The first-order valence-corrected chi connectivity index (χ1v) is 13.8. The molecule has 0 saturated carbocycles. The maximum Gasteiger partial charge on any atom is 0.156 e. The standard InChI is InChI=1S/C35H20N2OS/c38-24-12-9-21(10-13-24)32-26-8-4-2-6-22(26)17-23-18-29-30(19-28(23)32)37-16-15-27-33-25-7-3-1-5-20(25)11-14-31(33)39-34(27)35(37)36-29/h1-19,38H. The summed E-state index contributed by atoms with van der Waals surface area (Å²) >= 11 is 1.82. The number of phenolic OH excluding ortho intramolecular Hbond substituents is 1. The summed E-state index contributed by atoms with van der Waals surface area (Å²) in [5.74, 6) is 0.271. The van der Waals surface area contributed by atoms with E-state index in [1.807, 2.05) is 23.5 Å². The Kier molecular flexibility index (Phi) is 4.08. The number of hydrogen-bond acceptors (Lipinski definition) is 3. The zero-order valence-corrected chi connectivity index (χ0v) is 21.5. The number of aromatic hydroxyl groups is 1. The van der Waals surface area contributed by atoms with Gasteiger partial charge < -0.3 is 5.11 Å². The first kappa shape index (κ1) is 21.1. The molecule has 3 nitrogen and oxygen atoms in total. The predicted octanol–water partition coefficient (Wildman–Crippen LogP) is 9.69. The van der Waals surface area contributed by atoms with E-state index in [0.29, 0.717) is 0 Å². The van der Waals surface area contributed by atoms with E-state index in [2.05, 4.69) is 95.5 Å². The van der Waals surface area contributed by atoms with Crippen molar-refractivity contribution in [2.24, 2.45) is 0 Å². The Labute approximate surface area is 226 Å². The fourth-order valence-electron chi connectivity index (χ4n) is 6.27. The van der Waals surface area contributed by atoms with Crippen LogP contribution in [0.2, 0.25) is 0 Å². The van der Waals surface area contributed by atoms with Crippen LogP contribution in [0.3, 0.4) is 0 Å². The molecule has 0 spiro atoms. The molecule has 0 unspecified atom stereocenters. The van der Waals surface area contributed by atoms with Crippen LogP contribution in [-0.2, 0) is 0 Å². The second-order valence-corrected chi connectivity index (χ2v) is 11.3. The Hall–Kier alpha value is -4.93. The van der Waals surface area contributed by atoms with Crippen molar-refractivity contribution < 1.29 is 5.11 Å². The average molecular weight is 517 g/mol. The molecule has 0 aliphatic heterocycles. The average Bonchev–Trinajstić information content (AvgIpc) is 3.53. The first-order chi connectivity index (χ1) is 19.2. The zero-order chi connectivity index (χ0) is 25.7. The monoisotopic (exact) mass is 516 g/mol. The summed E-state index contributed by atoms with van der Waals surface area (Å²) in [6.45, 7) is 0. The number of phenols is 1. The molecule has 0 amide bonds. The molecule has 0 bridgehead atoms. The summed E-state index contributed by atoms with van der Waals surface area (Å²) in [6.07, 6.45) is 2.17. The van der Waals surface area contributed by atoms with E-state index >= 15 is 0 Å². The topological polar surface area (TPSA) is 37.5 Å². The Morgan fingerprint density at radius 1 is 0.641 bits per heavy atom. The Bertz CT molecular complexity index is 2450. The fraction of sp³-hybridized carbons (Fsp3) is 0. The molecule has 0 aliphatic carbocycles. The van der Waals surface area contributed by atoms with Gasteiger partial charge in [0.2, 0.25) is 0 Å². The molecular weight excluding hydrogens is 496 g/mol. The minimum absolute atomic E-state index is 0.271.